The smallest absolute Gasteiger partial charge is 0.311 e. The molecule has 0 amide bonds. The topological polar surface area (TPSA) is 69.5 Å². The van der Waals surface area contributed by atoms with Crippen LogP contribution in [0.25, 0.3) is 0 Å². The number of halogens is 1. The fourth-order valence-electron chi connectivity index (χ4n) is 2.89. The zero-order chi connectivity index (χ0) is 21.2. The van der Waals surface area contributed by atoms with Crippen LogP contribution in [0.5, 0.6) is 5.75 Å². The Morgan fingerprint density at radius 2 is 1.63 bits per heavy atom. The van der Waals surface area contributed by atoms with Gasteiger partial charge in [-0.25, -0.2) is 0 Å². The summed E-state index contributed by atoms with van der Waals surface area (Å²) in [5.41, 5.74) is 1.58. The summed E-state index contributed by atoms with van der Waals surface area (Å²) in [6.45, 7) is 5.19. The van der Waals surface area contributed by atoms with Crippen molar-refractivity contribution < 1.29 is 19.0 Å². The van der Waals surface area contributed by atoms with Crippen molar-refractivity contribution in [3.63, 3.8) is 0 Å². The highest BCUT2D eigenvalue weighted by Gasteiger charge is 2.33. The minimum atomic E-state index is -0.231. The molecule has 0 aliphatic carbocycles. The average Bonchev–Trinajstić information content (AvgIpc) is 2.72. The summed E-state index contributed by atoms with van der Waals surface area (Å²) in [5, 5.41) is 8.96. The Labute approximate surface area is 182 Å². The van der Waals surface area contributed by atoms with Crippen LogP contribution in [0.1, 0.15) is 32.6 Å². The van der Waals surface area contributed by atoms with Gasteiger partial charge in [-0.2, -0.15) is 10.2 Å². The highest BCUT2D eigenvalue weighted by Crippen LogP contribution is 2.26. The molecule has 7 heteroatoms. The molecule has 0 radical (unpaired) electrons. The summed E-state index contributed by atoms with van der Waals surface area (Å²) in [5.74, 6) is 0.273. The van der Waals surface area contributed by atoms with Crippen LogP contribution in [0.2, 0.25) is 5.02 Å². The van der Waals surface area contributed by atoms with Crippen molar-refractivity contribution in [2.24, 2.45) is 15.6 Å². The number of azo groups is 1. The molecule has 0 N–H and O–H groups in total. The molecule has 0 atom stereocenters. The van der Waals surface area contributed by atoms with Crippen molar-refractivity contribution in [1.82, 2.24) is 0 Å². The maximum Gasteiger partial charge on any atom is 0.311 e. The average molecular weight is 431 g/mol. The molecule has 30 heavy (non-hydrogen) atoms. The lowest BCUT2D eigenvalue weighted by atomic mass is 9.90. The first kappa shape index (κ1) is 22.4. The molecule has 1 aliphatic rings. The first-order valence-corrected chi connectivity index (χ1v) is 10.5. The van der Waals surface area contributed by atoms with E-state index in [0.29, 0.717) is 28.6 Å². The van der Waals surface area contributed by atoms with Crippen LogP contribution in [0.15, 0.2) is 58.8 Å². The first-order chi connectivity index (χ1) is 14.5. The Hall–Kier alpha value is -2.28. The van der Waals surface area contributed by atoms with E-state index in [9.17, 15) is 4.79 Å². The van der Waals surface area contributed by atoms with Gasteiger partial charge in [-0.15, -0.1) is 0 Å². The van der Waals surface area contributed by atoms with Crippen LogP contribution in [0.4, 0.5) is 11.4 Å². The molecule has 1 heterocycles. The second-order valence-corrected chi connectivity index (χ2v) is 8.25. The van der Waals surface area contributed by atoms with Gasteiger partial charge in [-0.1, -0.05) is 24.9 Å². The van der Waals surface area contributed by atoms with Gasteiger partial charge in [-0.05, 0) is 61.4 Å². The molecule has 1 saturated heterocycles. The number of benzene rings is 2. The number of esters is 1. The van der Waals surface area contributed by atoms with Gasteiger partial charge in [0, 0.05) is 23.5 Å². The molecule has 3 rings (SSSR count). The molecule has 1 aliphatic heterocycles. The third-order valence-electron chi connectivity index (χ3n) is 4.70. The van der Waals surface area contributed by atoms with E-state index in [0.717, 1.165) is 45.7 Å². The van der Waals surface area contributed by atoms with Crippen molar-refractivity contribution in [3.05, 3.63) is 53.6 Å². The van der Waals surface area contributed by atoms with Gasteiger partial charge in [0.05, 0.1) is 31.2 Å². The minimum absolute atomic E-state index is 0.191. The van der Waals surface area contributed by atoms with Gasteiger partial charge in [-0.3, -0.25) is 4.79 Å². The number of hydrogen-bond donors (Lipinski definition) is 0. The van der Waals surface area contributed by atoms with Gasteiger partial charge in [0.2, 0.25) is 0 Å². The SMILES string of the molecule is CC1(COCCCCCC(=O)Oc2ccc(N=Nc3ccc(Cl)cc3)cc2)COC1. The van der Waals surface area contributed by atoms with E-state index in [1.54, 1.807) is 48.5 Å². The molecule has 2 aromatic rings. The van der Waals surface area contributed by atoms with Crippen LogP contribution >= 0.6 is 11.6 Å². The van der Waals surface area contributed by atoms with Gasteiger partial charge < -0.3 is 14.2 Å². The lowest BCUT2D eigenvalue weighted by molar-refractivity contribution is -0.138. The Kier molecular flexibility index (Phi) is 8.37. The van der Waals surface area contributed by atoms with E-state index >= 15 is 0 Å². The van der Waals surface area contributed by atoms with Crippen molar-refractivity contribution in [3.8, 4) is 5.75 Å². The maximum atomic E-state index is 12.0. The van der Waals surface area contributed by atoms with Crippen LogP contribution < -0.4 is 4.74 Å². The van der Waals surface area contributed by atoms with Crippen molar-refractivity contribution in [2.75, 3.05) is 26.4 Å². The van der Waals surface area contributed by atoms with Crippen molar-refractivity contribution in [1.29, 1.82) is 0 Å². The highest BCUT2D eigenvalue weighted by molar-refractivity contribution is 6.30. The van der Waals surface area contributed by atoms with Crippen LogP contribution in [-0.2, 0) is 14.3 Å². The second kappa shape index (κ2) is 11.2. The summed E-state index contributed by atoms with van der Waals surface area (Å²) < 4.78 is 16.3. The molecule has 0 spiro atoms. The molecule has 6 nitrogen and oxygen atoms in total. The Morgan fingerprint density at radius 1 is 1.00 bits per heavy atom. The Morgan fingerprint density at radius 3 is 2.23 bits per heavy atom. The number of ether oxygens (including phenoxy) is 3. The van der Waals surface area contributed by atoms with E-state index in [-0.39, 0.29) is 11.4 Å². The van der Waals surface area contributed by atoms with Crippen LogP contribution in [-0.4, -0.2) is 32.4 Å². The van der Waals surface area contributed by atoms with E-state index in [4.69, 9.17) is 25.8 Å². The normalized spacial score (nSPS) is 15.1. The third kappa shape index (κ3) is 7.52. The molecule has 0 aromatic heterocycles. The predicted molar refractivity (Wildman–Crippen MR) is 116 cm³/mol. The van der Waals surface area contributed by atoms with Crippen molar-refractivity contribution >= 4 is 28.9 Å². The zero-order valence-electron chi connectivity index (χ0n) is 17.2. The molecule has 0 bridgehead atoms. The second-order valence-electron chi connectivity index (χ2n) is 7.81. The molecule has 0 saturated carbocycles. The fourth-order valence-corrected chi connectivity index (χ4v) is 3.02. The first-order valence-electron chi connectivity index (χ1n) is 10.2. The summed E-state index contributed by atoms with van der Waals surface area (Å²) in [6, 6.07) is 14.0. The summed E-state index contributed by atoms with van der Waals surface area (Å²) in [7, 11) is 0. The molecular weight excluding hydrogens is 404 g/mol. The van der Waals surface area contributed by atoms with Gasteiger partial charge in [0.1, 0.15) is 5.75 Å². The molecule has 160 valence electrons. The number of unbranched alkanes of at least 4 members (excludes halogenated alkanes) is 2. The third-order valence-corrected chi connectivity index (χ3v) is 4.95. The molecule has 0 unspecified atom stereocenters. The molecular formula is C23H27ClN2O4. The van der Waals surface area contributed by atoms with E-state index < -0.39 is 0 Å². The zero-order valence-corrected chi connectivity index (χ0v) is 17.9. The monoisotopic (exact) mass is 430 g/mol. The van der Waals surface area contributed by atoms with E-state index in [1.165, 1.54) is 0 Å². The van der Waals surface area contributed by atoms with Gasteiger partial charge in [0.25, 0.3) is 0 Å². The molecule has 2 aromatic carbocycles. The number of nitrogens with zero attached hydrogens (tertiary/aromatic N) is 2. The minimum Gasteiger partial charge on any atom is -0.427 e. The largest absolute Gasteiger partial charge is 0.427 e. The lowest BCUT2D eigenvalue weighted by Gasteiger charge is -2.37. The number of carbonyl (C=O) groups is 1. The predicted octanol–water partition coefficient (Wildman–Crippen LogP) is 6.27. The summed E-state index contributed by atoms with van der Waals surface area (Å²) in [6.07, 6.45) is 3.06. The van der Waals surface area contributed by atoms with E-state index in [2.05, 4.69) is 17.2 Å². The number of rotatable bonds is 11. The maximum absolute atomic E-state index is 12.0. The number of hydrogen-bond acceptors (Lipinski definition) is 6. The Balaban J connectivity index is 1.29. The van der Waals surface area contributed by atoms with Crippen molar-refractivity contribution in [2.45, 2.75) is 32.6 Å². The highest BCUT2D eigenvalue weighted by atomic mass is 35.5. The van der Waals surface area contributed by atoms with Gasteiger partial charge >= 0.3 is 5.97 Å². The number of carbonyl (C=O) groups excluding carboxylic acids is 1. The summed E-state index contributed by atoms with van der Waals surface area (Å²) >= 11 is 5.85. The fraction of sp³-hybridized carbons (Fsp3) is 0.435. The quantitative estimate of drug-likeness (QED) is 0.182. The van der Waals surface area contributed by atoms with Gasteiger partial charge in [0.15, 0.2) is 0 Å². The van der Waals surface area contributed by atoms with E-state index in [1.807, 2.05) is 0 Å². The summed E-state index contributed by atoms with van der Waals surface area (Å²) in [4.78, 5) is 12.0. The Bertz CT molecular complexity index is 833. The van der Waals surface area contributed by atoms with Crippen LogP contribution in [0, 0.1) is 5.41 Å². The standard InChI is InChI=1S/C23H27ClN2O4/c1-23(16-29-17-23)15-28-14-4-2-3-5-22(27)30-21-12-10-20(11-13-21)26-25-19-8-6-18(24)7-9-19/h6-13H,2-5,14-17H2,1H3. The van der Waals surface area contributed by atoms with Crippen LogP contribution in [0.3, 0.4) is 0 Å². The molecule has 1 fully saturated rings. The lowest BCUT2D eigenvalue weighted by Crippen LogP contribution is -2.43.